The fourth-order valence-corrected chi connectivity index (χ4v) is 12.3. The number of aliphatic hydroxyl groups is 1. The summed E-state index contributed by atoms with van der Waals surface area (Å²) in [4.78, 5) is 72.3. The molecule has 0 bridgehead atoms. The highest BCUT2D eigenvalue weighted by atomic mass is 31.2. The van der Waals surface area contributed by atoms with Crippen LogP contribution in [-0.2, 0) is 65.4 Å². The smallest absolute Gasteiger partial charge is 0.462 e. The molecule has 0 aromatic rings. The van der Waals surface area contributed by atoms with Crippen LogP contribution in [-0.4, -0.2) is 96.7 Å². The molecule has 0 radical (unpaired) electrons. The summed E-state index contributed by atoms with van der Waals surface area (Å²) in [5.41, 5.74) is 0. The third-order valence-corrected chi connectivity index (χ3v) is 18.7. The number of hydrogen-bond donors (Lipinski definition) is 3. The number of unbranched alkanes of at least 4 members (excludes halogenated alkanes) is 39. The average molecular weight is 1330 g/mol. The highest BCUT2D eigenvalue weighted by molar-refractivity contribution is 7.47. The van der Waals surface area contributed by atoms with E-state index in [2.05, 4.69) is 41.5 Å². The lowest BCUT2D eigenvalue weighted by Crippen LogP contribution is -2.30. The van der Waals surface area contributed by atoms with Crippen LogP contribution < -0.4 is 0 Å². The van der Waals surface area contributed by atoms with Crippen LogP contribution in [0.2, 0.25) is 0 Å². The Kier molecular flexibility index (Phi) is 61.8. The zero-order valence-corrected chi connectivity index (χ0v) is 60.2. The van der Waals surface area contributed by atoms with Crippen molar-refractivity contribution in [3.05, 3.63) is 0 Å². The van der Waals surface area contributed by atoms with Gasteiger partial charge in [0.05, 0.1) is 26.4 Å². The zero-order valence-electron chi connectivity index (χ0n) is 58.4. The molecule has 17 nitrogen and oxygen atoms in total. The molecule has 0 heterocycles. The molecule has 0 fully saturated rings. The van der Waals surface area contributed by atoms with Crippen molar-refractivity contribution in [3.8, 4) is 0 Å². The molecule has 6 atom stereocenters. The first-order chi connectivity index (χ1) is 43.4. The largest absolute Gasteiger partial charge is 0.472 e. The molecule has 0 aromatic heterocycles. The van der Waals surface area contributed by atoms with E-state index in [0.717, 1.165) is 102 Å². The van der Waals surface area contributed by atoms with E-state index in [-0.39, 0.29) is 25.7 Å². The van der Waals surface area contributed by atoms with Crippen molar-refractivity contribution >= 4 is 39.5 Å². The molecule has 0 saturated carbocycles. The van der Waals surface area contributed by atoms with Gasteiger partial charge in [0.1, 0.15) is 19.3 Å². The number of phosphoric acid groups is 2. The van der Waals surface area contributed by atoms with Gasteiger partial charge in [-0.05, 0) is 37.5 Å². The van der Waals surface area contributed by atoms with Crippen LogP contribution in [0.15, 0.2) is 0 Å². The zero-order chi connectivity index (χ0) is 66.5. The Hall–Kier alpha value is -1.94. The molecule has 0 saturated heterocycles. The van der Waals surface area contributed by atoms with Gasteiger partial charge in [-0.2, -0.15) is 0 Å². The second kappa shape index (κ2) is 63.1. The van der Waals surface area contributed by atoms with E-state index < -0.39 is 97.5 Å². The van der Waals surface area contributed by atoms with Crippen molar-refractivity contribution in [2.24, 2.45) is 11.8 Å². The lowest BCUT2D eigenvalue weighted by Gasteiger charge is -2.21. The molecular formula is C71H138O17P2. The fraction of sp³-hybridized carbons (Fsp3) is 0.944. The predicted octanol–water partition coefficient (Wildman–Crippen LogP) is 20.4. The summed E-state index contributed by atoms with van der Waals surface area (Å²) in [6.45, 7) is 9.49. The van der Waals surface area contributed by atoms with Gasteiger partial charge in [-0.3, -0.25) is 37.3 Å². The van der Waals surface area contributed by atoms with Gasteiger partial charge in [-0.15, -0.1) is 0 Å². The van der Waals surface area contributed by atoms with Crippen molar-refractivity contribution in [1.29, 1.82) is 0 Å². The topological polar surface area (TPSA) is 237 Å². The number of hydrogen-bond acceptors (Lipinski definition) is 15. The fourth-order valence-electron chi connectivity index (χ4n) is 10.7. The number of carbonyl (C=O) groups excluding carboxylic acids is 4. The van der Waals surface area contributed by atoms with Gasteiger partial charge in [0.2, 0.25) is 0 Å². The Morgan fingerprint density at radius 1 is 0.322 bits per heavy atom. The molecule has 0 rings (SSSR count). The third-order valence-electron chi connectivity index (χ3n) is 16.8. The van der Waals surface area contributed by atoms with Gasteiger partial charge in [-0.25, -0.2) is 9.13 Å². The molecule has 0 aliphatic carbocycles. The maximum absolute atomic E-state index is 13.0. The second-order valence-corrected chi connectivity index (χ2v) is 29.3. The minimum atomic E-state index is -4.95. The number of rotatable bonds is 70. The molecule has 0 aliphatic heterocycles. The summed E-state index contributed by atoms with van der Waals surface area (Å²) in [7, 11) is -9.89. The van der Waals surface area contributed by atoms with Crippen LogP contribution in [0.5, 0.6) is 0 Å². The quantitative estimate of drug-likeness (QED) is 0.0222. The number of carbonyl (C=O) groups is 4. The Morgan fingerprint density at radius 3 is 0.844 bits per heavy atom. The van der Waals surface area contributed by atoms with Gasteiger partial charge >= 0.3 is 39.5 Å². The van der Waals surface area contributed by atoms with E-state index in [1.54, 1.807) is 0 Å². The van der Waals surface area contributed by atoms with Crippen LogP contribution in [0.1, 0.15) is 363 Å². The van der Waals surface area contributed by atoms with E-state index in [0.29, 0.717) is 31.6 Å². The summed E-state index contributed by atoms with van der Waals surface area (Å²) in [5, 5.41) is 10.6. The summed E-state index contributed by atoms with van der Waals surface area (Å²) in [6, 6.07) is 0. The average Bonchev–Trinajstić information content (AvgIpc) is 3.72. The second-order valence-electron chi connectivity index (χ2n) is 26.3. The Balaban J connectivity index is 5.12. The highest BCUT2D eigenvalue weighted by Crippen LogP contribution is 2.45. The first-order valence-corrected chi connectivity index (χ1v) is 40.0. The summed E-state index contributed by atoms with van der Waals surface area (Å²) < 4.78 is 68.1. The van der Waals surface area contributed by atoms with Crippen LogP contribution in [0.25, 0.3) is 0 Å². The van der Waals surface area contributed by atoms with Gasteiger partial charge in [0.25, 0.3) is 0 Å². The monoisotopic (exact) mass is 1320 g/mol. The Labute approximate surface area is 549 Å². The number of aliphatic hydroxyl groups excluding tert-OH is 1. The van der Waals surface area contributed by atoms with E-state index >= 15 is 0 Å². The Bertz CT molecular complexity index is 1750. The van der Waals surface area contributed by atoms with Crippen molar-refractivity contribution in [2.45, 2.75) is 381 Å². The highest BCUT2D eigenvalue weighted by Gasteiger charge is 2.30. The lowest BCUT2D eigenvalue weighted by atomic mass is 9.99. The minimum Gasteiger partial charge on any atom is -0.462 e. The standard InChI is InChI=1S/C71H138O17P2/c1-7-10-12-14-16-18-27-31-35-42-48-54-69(74)82-59-66(87-70(75)55-49-43-36-32-29-26-24-22-20-19-21-23-25-28-30-33-40-46-52-64(6)9-3)61-85-89(77,78)83-57-65(72)58-84-90(79,80)86-62-67(60-81-68(73)53-47-41-34-17-15-13-11-8-2)88-71(76)56-50-44-38-37-39-45-51-63(4)5/h63-67,72H,7-62H2,1-6H3,(H,77,78)(H,79,80)/t64?,65-,66-,67-/m1/s1. The van der Waals surface area contributed by atoms with E-state index in [1.807, 2.05) is 0 Å². The van der Waals surface area contributed by atoms with E-state index in [4.69, 9.17) is 37.0 Å². The summed E-state index contributed by atoms with van der Waals surface area (Å²) in [5.74, 6) is -0.590. The van der Waals surface area contributed by atoms with Gasteiger partial charge in [0, 0.05) is 25.7 Å². The van der Waals surface area contributed by atoms with Crippen LogP contribution in [0.4, 0.5) is 0 Å². The normalized spacial score (nSPS) is 14.4. The SMILES string of the molecule is CCCCCCCCCCCCCC(=O)OC[C@H](COP(=O)(O)OC[C@@H](O)COP(=O)(O)OC[C@@H](COC(=O)CCCCCCCCCC)OC(=O)CCCCCCCCC(C)C)OC(=O)CCCCCCCCCCCCCCCCCCCCC(C)CC. The molecule has 0 amide bonds. The maximum atomic E-state index is 13.0. The van der Waals surface area contributed by atoms with Crippen LogP contribution >= 0.6 is 15.6 Å². The first kappa shape index (κ1) is 88.1. The maximum Gasteiger partial charge on any atom is 0.472 e. The van der Waals surface area contributed by atoms with Gasteiger partial charge < -0.3 is 33.8 Å². The van der Waals surface area contributed by atoms with Crippen LogP contribution in [0.3, 0.4) is 0 Å². The molecule has 90 heavy (non-hydrogen) atoms. The van der Waals surface area contributed by atoms with Crippen LogP contribution in [0, 0.1) is 11.8 Å². The summed E-state index contributed by atoms with van der Waals surface area (Å²) >= 11 is 0. The minimum absolute atomic E-state index is 0.102. The molecule has 3 N–H and O–H groups in total. The van der Waals surface area contributed by atoms with Crippen molar-refractivity contribution in [1.82, 2.24) is 0 Å². The molecule has 534 valence electrons. The molecule has 3 unspecified atom stereocenters. The first-order valence-electron chi connectivity index (χ1n) is 37.0. The van der Waals surface area contributed by atoms with Gasteiger partial charge in [0.15, 0.2) is 12.2 Å². The van der Waals surface area contributed by atoms with Crippen molar-refractivity contribution in [2.75, 3.05) is 39.6 Å². The molecule has 0 aromatic carbocycles. The van der Waals surface area contributed by atoms with Crippen molar-refractivity contribution < 1.29 is 80.2 Å². The van der Waals surface area contributed by atoms with E-state index in [9.17, 15) is 43.2 Å². The molecule has 0 aliphatic rings. The Morgan fingerprint density at radius 2 is 0.567 bits per heavy atom. The molecule has 19 heteroatoms. The predicted molar refractivity (Wildman–Crippen MR) is 363 cm³/mol. The van der Waals surface area contributed by atoms with Crippen molar-refractivity contribution in [3.63, 3.8) is 0 Å². The number of ether oxygens (including phenoxy) is 4. The van der Waals surface area contributed by atoms with E-state index in [1.165, 1.54) is 173 Å². The molecular weight excluding hydrogens is 1190 g/mol. The number of esters is 4. The third kappa shape index (κ3) is 63.5. The molecule has 0 spiro atoms. The number of phosphoric ester groups is 2. The summed E-state index contributed by atoms with van der Waals surface area (Å²) in [6.07, 6.45) is 48.9. The van der Waals surface area contributed by atoms with Gasteiger partial charge in [-0.1, -0.05) is 311 Å². The lowest BCUT2D eigenvalue weighted by molar-refractivity contribution is -0.161.